The zero-order valence-electron chi connectivity index (χ0n) is 26.4. The Kier molecular flexibility index (Phi) is 9.39. The number of ether oxygens (including phenoxy) is 3. The van der Waals surface area contributed by atoms with Crippen LogP contribution in [-0.2, 0) is 32.0 Å². The molecule has 0 spiro atoms. The molecule has 0 atom stereocenters. The molecule has 11 nitrogen and oxygen atoms in total. The molecular weight excluding hydrogens is 572 g/mol. The molecule has 4 rings (SSSR count). The summed E-state index contributed by atoms with van der Waals surface area (Å²) >= 11 is 0. The van der Waals surface area contributed by atoms with Gasteiger partial charge in [-0.3, -0.25) is 9.52 Å². The Morgan fingerprint density at radius 1 is 1.07 bits per heavy atom. The summed E-state index contributed by atoms with van der Waals surface area (Å²) in [6, 6.07) is 5.37. The number of fused-ring (bicyclic) bond motifs is 1. The number of piperidine rings is 1. The van der Waals surface area contributed by atoms with E-state index < -0.39 is 10.0 Å². The van der Waals surface area contributed by atoms with E-state index in [4.69, 9.17) is 14.2 Å². The van der Waals surface area contributed by atoms with Gasteiger partial charge in [-0.1, -0.05) is 26.8 Å². The molecular formula is C31H44N4O7S. The van der Waals surface area contributed by atoms with Crippen LogP contribution in [0.4, 0.5) is 16.2 Å². The fourth-order valence-electron chi connectivity index (χ4n) is 5.41. The smallest absolute Gasteiger partial charge is 0.410 e. The fraction of sp³-hybridized carbons (Fsp3) is 0.548. The summed E-state index contributed by atoms with van der Waals surface area (Å²) in [6.45, 7) is 10.8. The fourth-order valence-corrected chi connectivity index (χ4v) is 5.96. The number of carbonyl (C=O) groups excluding carboxylic acids is 2. The third kappa shape index (κ3) is 7.65. The van der Waals surface area contributed by atoms with Crippen molar-refractivity contribution in [2.24, 2.45) is 7.05 Å². The number of methoxy groups -OCH3 is 1. The molecule has 12 heteroatoms. The van der Waals surface area contributed by atoms with Gasteiger partial charge in [-0.05, 0) is 54.7 Å². The minimum absolute atomic E-state index is 0.0404. The van der Waals surface area contributed by atoms with E-state index in [-0.39, 0.29) is 41.1 Å². The highest BCUT2D eigenvalue weighted by Crippen LogP contribution is 2.39. The van der Waals surface area contributed by atoms with Crippen molar-refractivity contribution in [1.82, 2.24) is 9.47 Å². The second kappa shape index (κ2) is 12.5. The zero-order valence-corrected chi connectivity index (χ0v) is 27.2. The van der Waals surface area contributed by atoms with Gasteiger partial charge in [-0.2, -0.15) is 0 Å². The Hall–Kier alpha value is -3.67. The van der Waals surface area contributed by atoms with Gasteiger partial charge in [0.2, 0.25) is 10.0 Å². The maximum absolute atomic E-state index is 13.7. The molecule has 0 unspecified atom stereocenters. The van der Waals surface area contributed by atoms with Crippen molar-refractivity contribution in [2.45, 2.75) is 77.9 Å². The van der Waals surface area contributed by atoms with Gasteiger partial charge in [0.05, 0.1) is 36.2 Å². The standard InChI is InChI=1S/C31H44N4O7S/c1-19(2)41-30(37)35-14-12-22(13-15-35)42-26-11-9-10-20-16-25(34(6)27(20)26)29(36)32-23-17-21(31(3,4)5)18-24(28(23)40-7)33-43(8,38)39/h10,16-19,22,33H,9,11-15H2,1-8H3,(H,32,36). The monoisotopic (exact) mass is 616 g/mol. The van der Waals surface area contributed by atoms with E-state index in [0.29, 0.717) is 43.7 Å². The predicted octanol–water partition coefficient (Wildman–Crippen LogP) is 3.66. The van der Waals surface area contributed by atoms with E-state index in [2.05, 4.69) is 16.1 Å². The SMILES string of the molecule is COc1c(NC(=O)c2cc3c(n2C)=C(OC2CCN(C(=O)OC(C)C)CC2)CCC=3)cc(C(C)(C)C)cc1NS(C)(=O)=O. The second-order valence-corrected chi connectivity index (χ2v) is 14.2. The molecule has 1 saturated heterocycles. The first-order chi connectivity index (χ1) is 20.1. The normalized spacial score (nSPS) is 15.9. The zero-order chi connectivity index (χ0) is 31.7. The number of hydrogen-bond acceptors (Lipinski definition) is 7. The van der Waals surface area contributed by atoms with E-state index in [1.165, 1.54) is 7.11 Å². The Labute approximate surface area is 253 Å². The number of amides is 2. The molecule has 0 bridgehead atoms. The highest BCUT2D eigenvalue weighted by molar-refractivity contribution is 7.92. The van der Waals surface area contributed by atoms with Crippen molar-refractivity contribution in [2.75, 3.05) is 36.5 Å². The van der Waals surface area contributed by atoms with Crippen LogP contribution in [0.3, 0.4) is 0 Å². The number of nitrogens with one attached hydrogen (secondary N) is 2. The lowest BCUT2D eigenvalue weighted by atomic mass is 9.86. The second-order valence-electron chi connectivity index (χ2n) is 12.5. The van der Waals surface area contributed by atoms with Crippen molar-refractivity contribution in [3.8, 4) is 5.75 Å². The average Bonchev–Trinajstić information content (AvgIpc) is 3.24. The van der Waals surface area contributed by atoms with Crippen LogP contribution < -0.4 is 25.3 Å². The number of nitrogens with zero attached hydrogens (tertiary/aromatic N) is 2. The minimum atomic E-state index is -3.60. The van der Waals surface area contributed by atoms with Crippen molar-refractivity contribution in [3.63, 3.8) is 0 Å². The van der Waals surface area contributed by atoms with Gasteiger partial charge < -0.3 is 29.0 Å². The van der Waals surface area contributed by atoms with Crippen LogP contribution in [0.1, 0.15) is 76.4 Å². The van der Waals surface area contributed by atoms with Crippen LogP contribution in [0.2, 0.25) is 0 Å². The molecule has 1 aromatic heterocycles. The lowest BCUT2D eigenvalue weighted by Gasteiger charge is -2.32. The van der Waals surface area contributed by atoms with Crippen LogP contribution in [0.5, 0.6) is 5.75 Å². The Morgan fingerprint density at radius 2 is 1.72 bits per heavy atom. The van der Waals surface area contributed by atoms with Crippen molar-refractivity contribution in [3.05, 3.63) is 40.0 Å². The molecule has 2 aliphatic rings. The molecule has 0 radical (unpaired) electrons. The Morgan fingerprint density at radius 3 is 2.30 bits per heavy atom. The van der Waals surface area contributed by atoms with Crippen molar-refractivity contribution >= 4 is 45.2 Å². The van der Waals surface area contributed by atoms with Crippen molar-refractivity contribution in [1.29, 1.82) is 0 Å². The number of benzene rings is 1. The maximum Gasteiger partial charge on any atom is 0.410 e. The van der Waals surface area contributed by atoms with Gasteiger partial charge in [-0.15, -0.1) is 0 Å². The average molecular weight is 617 g/mol. The van der Waals surface area contributed by atoms with E-state index in [1.807, 2.05) is 58.4 Å². The molecule has 1 aliphatic heterocycles. The summed E-state index contributed by atoms with van der Waals surface area (Å²) in [5, 5.41) is 4.73. The summed E-state index contributed by atoms with van der Waals surface area (Å²) in [7, 11) is -0.336. The molecule has 1 fully saturated rings. The minimum Gasteiger partial charge on any atom is -0.492 e. The summed E-state index contributed by atoms with van der Waals surface area (Å²) in [6.07, 6.45) is 5.56. The summed E-state index contributed by atoms with van der Waals surface area (Å²) < 4.78 is 45.9. The van der Waals surface area contributed by atoms with E-state index >= 15 is 0 Å². The number of aromatic nitrogens is 1. The molecule has 236 valence electrons. The number of hydrogen-bond donors (Lipinski definition) is 2. The van der Waals surface area contributed by atoms with Crippen LogP contribution in [-0.4, -0.2) is 68.5 Å². The van der Waals surface area contributed by atoms with Crippen LogP contribution in [0, 0.1) is 0 Å². The summed E-state index contributed by atoms with van der Waals surface area (Å²) in [5.41, 5.74) is 1.53. The van der Waals surface area contributed by atoms with Crippen LogP contribution >= 0.6 is 0 Å². The molecule has 1 aliphatic carbocycles. The molecule has 2 amide bonds. The Bertz CT molecular complexity index is 1610. The van der Waals surface area contributed by atoms with Gasteiger partial charge >= 0.3 is 6.09 Å². The molecule has 2 aromatic rings. The third-order valence-corrected chi connectivity index (χ3v) is 8.13. The van der Waals surface area contributed by atoms with Gasteiger partial charge in [0.25, 0.3) is 5.91 Å². The number of rotatable bonds is 8. The quantitative estimate of drug-likeness (QED) is 0.463. The molecule has 43 heavy (non-hydrogen) atoms. The van der Waals surface area contributed by atoms with Crippen LogP contribution in [0.25, 0.3) is 11.8 Å². The van der Waals surface area contributed by atoms with Gasteiger partial charge in [0.15, 0.2) is 5.75 Å². The number of carbonyl (C=O) groups is 2. The largest absolute Gasteiger partial charge is 0.492 e. The predicted molar refractivity (Wildman–Crippen MR) is 167 cm³/mol. The Balaban J connectivity index is 1.61. The van der Waals surface area contributed by atoms with Crippen molar-refractivity contribution < 1.29 is 32.2 Å². The van der Waals surface area contributed by atoms with E-state index in [1.54, 1.807) is 11.0 Å². The van der Waals surface area contributed by atoms with E-state index in [9.17, 15) is 18.0 Å². The molecule has 2 N–H and O–H groups in total. The van der Waals surface area contributed by atoms with Gasteiger partial charge in [0.1, 0.15) is 17.6 Å². The summed E-state index contributed by atoms with van der Waals surface area (Å²) in [4.78, 5) is 27.7. The maximum atomic E-state index is 13.7. The van der Waals surface area contributed by atoms with Crippen LogP contribution in [0.15, 0.2) is 18.2 Å². The van der Waals surface area contributed by atoms with E-state index in [0.717, 1.165) is 34.6 Å². The van der Waals surface area contributed by atoms with Gasteiger partial charge in [0, 0.05) is 39.4 Å². The highest BCUT2D eigenvalue weighted by atomic mass is 32.2. The number of sulfonamides is 1. The van der Waals surface area contributed by atoms with Gasteiger partial charge in [-0.25, -0.2) is 13.2 Å². The first-order valence-corrected chi connectivity index (χ1v) is 16.5. The number of anilines is 2. The highest BCUT2D eigenvalue weighted by Gasteiger charge is 2.28. The third-order valence-electron chi connectivity index (χ3n) is 7.54. The topological polar surface area (TPSA) is 128 Å². The number of likely N-dealkylation sites (tertiary alicyclic amines) is 1. The lowest BCUT2D eigenvalue weighted by Crippen LogP contribution is -2.42. The molecule has 1 aromatic carbocycles. The lowest BCUT2D eigenvalue weighted by molar-refractivity contribution is 0.0430. The first-order valence-electron chi connectivity index (χ1n) is 14.6. The summed E-state index contributed by atoms with van der Waals surface area (Å²) in [5.74, 6) is 0.682. The molecule has 0 saturated carbocycles. The first kappa shape index (κ1) is 32.2. The molecule has 2 heterocycles.